The Morgan fingerprint density at radius 2 is 2.19 bits per heavy atom. The lowest BCUT2D eigenvalue weighted by Crippen LogP contribution is -2.10. The SMILES string of the molecule is NNc1cc2c(Cl)cccc2nc1C1CC1. The van der Waals surface area contributed by atoms with E-state index in [1.54, 1.807) is 0 Å². The first-order valence-electron chi connectivity index (χ1n) is 5.35. The minimum Gasteiger partial charge on any atom is -0.322 e. The van der Waals surface area contributed by atoms with Gasteiger partial charge in [0.05, 0.1) is 21.9 Å². The Morgan fingerprint density at radius 3 is 2.88 bits per heavy atom. The van der Waals surface area contributed by atoms with Crippen LogP contribution in [0.3, 0.4) is 0 Å². The topological polar surface area (TPSA) is 50.9 Å². The van der Waals surface area contributed by atoms with Gasteiger partial charge in [-0.3, -0.25) is 10.8 Å². The minimum absolute atomic E-state index is 0.564. The molecule has 1 aromatic carbocycles. The van der Waals surface area contributed by atoms with E-state index in [1.165, 1.54) is 12.8 Å². The smallest absolute Gasteiger partial charge is 0.0722 e. The third kappa shape index (κ3) is 1.52. The van der Waals surface area contributed by atoms with E-state index in [0.717, 1.165) is 22.3 Å². The van der Waals surface area contributed by atoms with Crippen LogP contribution in [0.15, 0.2) is 24.3 Å². The van der Waals surface area contributed by atoms with Crippen LogP contribution in [0.4, 0.5) is 5.69 Å². The lowest BCUT2D eigenvalue weighted by atomic mass is 10.1. The van der Waals surface area contributed by atoms with Gasteiger partial charge in [0.25, 0.3) is 0 Å². The van der Waals surface area contributed by atoms with Gasteiger partial charge >= 0.3 is 0 Å². The Bertz CT molecular complexity index is 549. The maximum absolute atomic E-state index is 6.12. The fourth-order valence-corrected chi connectivity index (χ4v) is 2.18. The molecule has 1 aliphatic rings. The van der Waals surface area contributed by atoms with Crippen molar-refractivity contribution in [1.82, 2.24) is 4.98 Å². The molecule has 0 atom stereocenters. The number of nitrogens with two attached hydrogens (primary N) is 1. The second kappa shape index (κ2) is 3.61. The van der Waals surface area contributed by atoms with Crippen molar-refractivity contribution >= 4 is 28.2 Å². The second-order valence-electron chi connectivity index (χ2n) is 4.15. The average molecular weight is 234 g/mol. The van der Waals surface area contributed by atoms with Crippen molar-refractivity contribution in [1.29, 1.82) is 0 Å². The zero-order valence-electron chi connectivity index (χ0n) is 8.70. The Labute approximate surface area is 98.6 Å². The molecule has 0 bridgehead atoms. The van der Waals surface area contributed by atoms with Crippen molar-refractivity contribution < 1.29 is 0 Å². The third-order valence-electron chi connectivity index (χ3n) is 2.95. The van der Waals surface area contributed by atoms with Gasteiger partial charge in [0, 0.05) is 11.3 Å². The summed E-state index contributed by atoms with van der Waals surface area (Å²) in [5, 5.41) is 1.66. The normalized spacial score (nSPS) is 15.4. The summed E-state index contributed by atoms with van der Waals surface area (Å²) in [6.07, 6.45) is 2.40. The number of aromatic nitrogens is 1. The predicted molar refractivity (Wildman–Crippen MR) is 66.5 cm³/mol. The van der Waals surface area contributed by atoms with Crippen LogP contribution in [0.1, 0.15) is 24.5 Å². The molecular weight excluding hydrogens is 222 g/mol. The highest BCUT2D eigenvalue weighted by Gasteiger charge is 2.28. The van der Waals surface area contributed by atoms with Gasteiger partial charge in [0.15, 0.2) is 0 Å². The first-order valence-corrected chi connectivity index (χ1v) is 5.73. The minimum atomic E-state index is 0.564. The first kappa shape index (κ1) is 9.87. The number of anilines is 1. The lowest BCUT2D eigenvalue weighted by Gasteiger charge is -2.09. The second-order valence-corrected chi connectivity index (χ2v) is 4.55. The molecular formula is C12H12ClN3. The van der Waals surface area contributed by atoms with Crippen molar-refractivity contribution in [3.63, 3.8) is 0 Å². The quantitative estimate of drug-likeness (QED) is 0.619. The number of benzene rings is 1. The highest BCUT2D eigenvalue weighted by atomic mass is 35.5. The van der Waals surface area contributed by atoms with Gasteiger partial charge in [-0.1, -0.05) is 17.7 Å². The van der Waals surface area contributed by atoms with E-state index < -0.39 is 0 Å². The number of nitrogens with one attached hydrogen (secondary N) is 1. The molecule has 82 valence electrons. The number of nitrogen functional groups attached to an aromatic ring is 1. The van der Waals surface area contributed by atoms with Crippen LogP contribution < -0.4 is 11.3 Å². The van der Waals surface area contributed by atoms with Gasteiger partial charge in [-0.25, -0.2) is 0 Å². The van der Waals surface area contributed by atoms with E-state index in [2.05, 4.69) is 10.4 Å². The van der Waals surface area contributed by atoms with E-state index in [4.69, 9.17) is 17.4 Å². The fourth-order valence-electron chi connectivity index (χ4n) is 1.96. The molecule has 16 heavy (non-hydrogen) atoms. The Kier molecular flexibility index (Phi) is 2.23. The van der Waals surface area contributed by atoms with E-state index in [0.29, 0.717) is 10.9 Å². The van der Waals surface area contributed by atoms with Gasteiger partial charge in [0.1, 0.15) is 0 Å². The van der Waals surface area contributed by atoms with Gasteiger partial charge in [0.2, 0.25) is 0 Å². The molecule has 0 amide bonds. The number of hydrazine groups is 1. The molecule has 1 fully saturated rings. The molecule has 4 heteroatoms. The summed E-state index contributed by atoms with van der Waals surface area (Å²) in [7, 11) is 0. The number of pyridine rings is 1. The van der Waals surface area contributed by atoms with Gasteiger partial charge in [-0.15, -0.1) is 0 Å². The summed E-state index contributed by atoms with van der Waals surface area (Å²) in [5.74, 6) is 6.09. The third-order valence-corrected chi connectivity index (χ3v) is 3.28. The Hall–Kier alpha value is -1.32. The molecule has 0 spiro atoms. The number of rotatable bonds is 2. The molecule has 3 N–H and O–H groups in total. The van der Waals surface area contributed by atoms with Crippen molar-refractivity contribution in [2.45, 2.75) is 18.8 Å². The summed E-state index contributed by atoms with van der Waals surface area (Å²) < 4.78 is 0. The van der Waals surface area contributed by atoms with E-state index in [1.807, 2.05) is 24.3 Å². The molecule has 1 aromatic heterocycles. The zero-order valence-corrected chi connectivity index (χ0v) is 9.46. The van der Waals surface area contributed by atoms with Crippen LogP contribution >= 0.6 is 11.6 Å². The largest absolute Gasteiger partial charge is 0.322 e. The first-order chi connectivity index (χ1) is 7.79. The van der Waals surface area contributed by atoms with E-state index in [-0.39, 0.29) is 0 Å². The van der Waals surface area contributed by atoms with Gasteiger partial charge < -0.3 is 5.43 Å². The summed E-state index contributed by atoms with van der Waals surface area (Å²) >= 11 is 6.12. The number of hydrogen-bond acceptors (Lipinski definition) is 3. The Morgan fingerprint density at radius 1 is 1.38 bits per heavy atom. The standard InChI is InChI=1S/C12H12ClN3/c13-9-2-1-3-10-8(9)6-11(16-14)12(15-10)7-4-5-7/h1-3,6-7,16H,4-5,14H2. The van der Waals surface area contributed by atoms with Crippen molar-refractivity contribution in [3.05, 3.63) is 35.0 Å². The van der Waals surface area contributed by atoms with Crippen LogP contribution in [0.25, 0.3) is 10.9 Å². The fraction of sp³-hybridized carbons (Fsp3) is 0.250. The number of fused-ring (bicyclic) bond motifs is 1. The maximum atomic E-state index is 6.12. The van der Waals surface area contributed by atoms with Crippen LogP contribution in [-0.4, -0.2) is 4.98 Å². The zero-order chi connectivity index (χ0) is 11.1. The van der Waals surface area contributed by atoms with Crippen molar-refractivity contribution in [2.24, 2.45) is 5.84 Å². The van der Waals surface area contributed by atoms with Crippen molar-refractivity contribution in [2.75, 3.05) is 5.43 Å². The number of hydrogen-bond donors (Lipinski definition) is 2. The summed E-state index contributed by atoms with van der Waals surface area (Å²) in [6.45, 7) is 0. The highest BCUT2D eigenvalue weighted by molar-refractivity contribution is 6.35. The lowest BCUT2D eigenvalue weighted by molar-refractivity contribution is 1.04. The maximum Gasteiger partial charge on any atom is 0.0722 e. The predicted octanol–water partition coefficient (Wildman–Crippen LogP) is 3.05. The average Bonchev–Trinajstić information content (AvgIpc) is 3.12. The van der Waals surface area contributed by atoms with Crippen LogP contribution in [0, 0.1) is 0 Å². The number of halogens is 1. The molecule has 1 aliphatic carbocycles. The summed E-state index contributed by atoms with van der Waals surface area (Å²) in [4.78, 5) is 4.64. The van der Waals surface area contributed by atoms with E-state index in [9.17, 15) is 0 Å². The Balaban J connectivity index is 2.27. The molecule has 0 saturated heterocycles. The molecule has 3 rings (SSSR count). The molecule has 0 radical (unpaired) electrons. The molecule has 3 nitrogen and oxygen atoms in total. The monoisotopic (exact) mass is 233 g/mol. The van der Waals surface area contributed by atoms with Crippen LogP contribution in [0.2, 0.25) is 5.02 Å². The van der Waals surface area contributed by atoms with Crippen LogP contribution in [-0.2, 0) is 0 Å². The summed E-state index contributed by atoms with van der Waals surface area (Å²) in [5.41, 5.74) is 5.61. The number of nitrogens with zero attached hydrogens (tertiary/aromatic N) is 1. The molecule has 0 unspecified atom stereocenters. The molecule has 2 aromatic rings. The van der Waals surface area contributed by atoms with Crippen molar-refractivity contribution in [3.8, 4) is 0 Å². The van der Waals surface area contributed by atoms with Gasteiger partial charge in [-0.05, 0) is 31.0 Å². The molecule has 1 heterocycles. The molecule has 1 saturated carbocycles. The highest BCUT2D eigenvalue weighted by Crippen LogP contribution is 2.43. The summed E-state index contributed by atoms with van der Waals surface area (Å²) in [6, 6.07) is 7.75. The van der Waals surface area contributed by atoms with Gasteiger partial charge in [-0.2, -0.15) is 0 Å². The van der Waals surface area contributed by atoms with Crippen LogP contribution in [0.5, 0.6) is 0 Å². The van der Waals surface area contributed by atoms with E-state index >= 15 is 0 Å². The molecule has 0 aliphatic heterocycles.